The van der Waals surface area contributed by atoms with E-state index < -0.39 is 11.6 Å². The summed E-state index contributed by atoms with van der Waals surface area (Å²) in [6.45, 7) is 2.36. The third-order valence-corrected chi connectivity index (χ3v) is 7.15. The van der Waals surface area contributed by atoms with Crippen LogP contribution in [0.25, 0.3) is 10.2 Å². The standard InChI is InChI=1S/C26H23F2N3OS/c27-20-15-22(28)25-23(16-20)33-26(29-25)31-13-11-30(12-14-31)24(32)17-21(18-7-3-1-4-8-18)19-9-5-2-6-10-19/h1-10,15-16,21H,11-14,17H2. The molecule has 168 valence electrons. The van der Waals surface area contributed by atoms with Crippen molar-refractivity contribution in [3.63, 3.8) is 0 Å². The van der Waals surface area contributed by atoms with Crippen molar-refractivity contribution in [3.05, 3.63) is 95.6 Å². The molecule has 0 spiro atoms. The summed E-state index contributed by atoms with van der Waals surface area (Å²) in [6.07, 6.45) is 0.402. The fourth-order valence-electron chi connectivity index (χ4n) is 4.33. The molecule has 4 nitrogen and oxygen atoms in total. The molecular formula is C26H23F2N3OS. The van der Waals surface area contributed by atoms with E-state index >= 15 is 0 Å². The van der Waals surface area contributed by atoms with Gasteiger partial charge in [-0.05, 0) is 17.2 Å². The van der Waals surface area contributed by atoms with Gasteiger partial charge in [-0.15, -0.1) is 0 Å². The van der Waals surface area contributed by atoms with Gasteiger partial charge >= 0.3 is 0 Å². The first-order chi connectivity index (χ1) is 16.1. The average Bonchev–Trinajstić information content (AvgIpc) is 3.28. The minimum Gasteiger partial charge on any atom is -0.345 e. The number of carbonyl (C=O) groups is 1. The van der Waals surface area contributed by atoms with Gasteiger partial charge in [0.1, 0.15) is 11.3 Å². The van der Waals surface area contributed by atoms with E-state index in [1.807, 2.05) is 46.2 Å². The van der Waals surface area contributed by atoms with Crippen LogP contribution in [0.1, 0.15) is 23.5 Å². The zero-order valence-corrected chi connectivity index (χ0v) is 18.8. The van der Waals surface area contributed by atoms with Crippen molar-refractivity contribution in [2.45, 2.75) is 12.3 Å². The second-order valence-corrected chi connectivity index (χ2v) is 9.19. The van der Waals surface area contributed by atoms with Gasteiger partial charge in [0.05, 0.1) is 4.70 Å². The number of fused-ring (bicyclic) bond motifs is 1. The lowest BCUT2D eigenvalue weighted by atomic mass is 9.88. The van der Waals surface area contributed by atoms with Crippen molar-refractivity contribution in [1.82, 2.24) is 9.88 Å². The molecule has 0 aliphatic carbocycles. The quantitative estimate of drug-likeness (QED) is 0.395. The number of thiazole rings is 1. The number of piperazine rings is 1. The van der Waals surface area contributed by atoms with Gasteiger partial charge in [0.15, 0.2) is 10.9 Å². The lowest BCUT2D eigenvalue weighted by molar-refractivity contribution is -0.131. The molecule has 0 N–H and O–H groups in total. The van der Waals surface area contributed by atoms with Gasteiger partial charge < -0.3 is 9.80 Å². The molecular weight excluding hydrogens is 440 g/mol. The number of aromatic nitrogens is 1. The summed E-state index contributed by atoms with van der Waals surface area (Å²) >= 11 is 1.28. The molecule has 1 aliphatic rings. The molecule has 3 aromatic carbocycles. The Kier molecular flexibility index (Phi) is 6.05. The largest absolute Gasteiger partial charge is 0.345 e. The van der Waals surface area contributed by atoms with Crippen LogP contribution in [0.4, 0.5) is 13.9 Å². The van der Waals surface area contributed by atoms with Crippen molar-refractivity contribution >= 4 is 32.6 Å². The SMILES string of the molecule is O=C(CC(c1ccccc1)c1ccccc1)N1CCN(c2nc3c(F)cc(F)cc3s2)CC1. The summed E-state index contributed by atoms with van der Waals surface area (Å²) < 4.78 is 28.0. The highest BCUT2D eigenvalue weighted by atomic mass is 32.1. The minimum absolute atomic E-state index is 0.0000584. The molecule has 0 bridgehead atoms. The van der Waals surface area contributed by atoms with E-state index in [2.05, 4.69) is 29.2 Å². The molecule has 1 aliphatic heterocycles. The van der Waals surface area contributed by atoms with Gasteiger partial charge in [-0.3, -0.25) is 4.79 Å². The van der Waals surface area contributed by atoms with Crippen molar-refractivity contribution < 1.29 is 13.6 Å². The lowest BCUT2D eigenvalue weighted by Gasteiger charge is -2.35. The molecule has 4 aromatic rings. The number of hydrogen-bond donors (Lipinski definition) is 0. The second kappa shape index (κ2) is 9.27. The van der Waals surface area contributed by atoms with Gasteiger partial charge in [0.25, 0.3) is 0 Å². The van der Waals surface area contributed by atoms with Crippen molar-refractivity contribution in [2.24, 2.45) is 0 Å². The predicted molar refractivity (Wildman–Crippen MR) is 128 cm³/mol. The molecule has 1 amide bonds. The molecule has 33 heavy (non-hydrogen) atoms. The highest BCUT2D eigenvalue weighted by Gasteiger charge is 2.26. The normalized spacial score (nSPS) is 14.3. The average molecular weight is 464 g/mol. The van der Waals surface area contributed by atoms with Crippen molar-refractivity contribution in [3.8, 4) is 0 Å². The summed E-state index contributed by atoms with van der Waals surface area (Å²) in [7, 11) is 0. The van der Waals surface area contributed by atoms with E-state index in [1.165, 1.54) is 17.4 Å². The Morgan fingerprint density at radius 3 is 2.12 bits per heavy atom. The zero-order valence-electron chi connectivity index (χ0n) is 18.0. The zero-order chi connectivity index (χ0) is 22.8. The van der Waals surface area contributed by atoms with Crippen LogP contribution < -0.4 is 4.90 Å². The Balaban J connectivity index is 1.28. The molecule has 5 rings (SSSR count). The topological polar surface area (TPSA) is 36.4 Å². The monoisotopic (exact) mass is 463 g/mol. The van der Waals surface area contributed by atoms with Crippen LogP contribution >= 0.6 is 11.3 Å². The van der Waals surface area contributed by atoms with Gasteiger partial charge in [0.2, 0.25) is 5.91 Å². The number of halogens is 2. The molecule has 0 saturated carbocycles. The molecule has 0 unspecified atom stereocenters. The molecule has 1 saturated heterocycles. The summed E-state index contributed by atoms with van der Waals surface area (Å²) in [5.41, 5.74) is 2.45. The summed E-state index contributed by atoms with van der Waals surface area (Å²) in [6, 6.07) is 22.4. The van der Waals surface area contributed by atoms with Crippen LogP contribution in [0, 0.1) is 11.6 Å². The Hall–Kier alpha value is -3.32. The van der Waals surface area contributed by atoms with Crippen molar-refractivity contribution in [2.75, 3.05) is 31.1 Å². The van der Waals surface area contributed by atoms with Crippen LogP contribution in [0.15, 0.2) is 72.8 Å². The molecule has 1 aromatic heterocycles. The number of rotatable bonds is 5. The third kappa shape index (κ3) is 4.59. The Labute approximate surface area is 195 Å². The number of hydrogen-bond acceptors (Lipinski definition) is 4. The maximum absolute atomic E-state index is 14.0. The lowest BCUT2D eigenvalue weighted by Crippen LogP contribution is -2.49. The fourth-order valence-corrected chi connectivity index (χ4v) is 5.39. The van der Waals surface area contributed by atoms with Crippen LogP contribution in [0.3, 0.4) is 0 Å². The van der Waals surface area contributed by atoms with Crippen LogP contribution in [-0.4, -0.2) is 42.0 Å². The predicted octanol–water partition coefficient (Wildman–Crippen LogP) is 5.45. The number of benzene rings is 3. The maximum Gasteiger partial charge on any atom is 0.223 e. The summed E-state index contributed by atoms with van der Waals surface area (Å²) in [5, 5.41) is 0.660. The second-order valence-electron chi connectivity index (χ2n) is 8.18. The third-order valence-electron chi connectivity index (χ3n) is 6.09. The summed E-state index contributed by atoms with van der Waals surface area (Å²) in [5.74, 6) is -1.13. The first-order valence-corrected chi connectivity index (χ1v) is 11.8. The Bertz CT molecular complexity index is 1220. The van der Waals surface area contributed by atoms with E-state index in [-0.39, 0.29) is 17.3 Å². The number of amides is 1. The van der Waals surface area contributed by atoms with Crippen LogP contribution in [0.2, 0.25) is 0 Å². The number of carbonyl (C=O) groups excluding carboxylic acids is 1. The first-order valence-electron chi connectivity index (χ1n) is 11.0. The van der Waals surface area contributed by atoms with E-state index in [0.29, 0.717) is 42.4 Å². The first kappa shape index (κ1) is 21.5. The van der Waals surface area contributed by atoms with E-state index in [1.54, 1.807) is 0 Å². The molecule has 2 heterocycles. The maximum atomic E-state index is 14.0. The van der Waals surface area contributed by atoms with E-state index in [0.717, 1.165) is 17.2 Å². The van der Waals surface area contributed by atoms with Gasteiger partial charge in [0, 0.05) is 44.6 Å². The summed E-state index contributed by atoms with van der Waals surface area (Å²) in [4.78, 5) is 21.5. The molecule has 0 radical (unpaired) electrons. The van der Waals surface area contributed by atoms with E-state index in [9.17, 15) is 13.6 Å². The highest BCUT2D eigenvalue weighted by Crippen LogP contribution is 2.32. The minimum atomic E-state index is -0.644. The van der Waals surface area contributed by atoms with Crippen LogP contribution in [-0.2, 0) is 4.79 Å². The number of anilines is 1. The van der Waals surface area contributed by atoms with Gasteiger partial charge in [-0.25, -0.2) is 13.8 Å². The molecule has 7 heteroatoms. The van der Waals surface area contributed by atoms with Crippen molar-refractivity contribution in [1.29, 1.82) is 0 Å². The Morgan fingerprint density at radius 1 is 0.909 bits per heavy atom. The molecule has 1 fully saturated rings. The molecule has 0 atom stereocenters. The van der Waals surface area contributed by atoms with Crippen LogP contribution in [0.5, 0.6) is 0 Å². The van der Waals surface area contributed by atoms with E-state index in [4.69, 9.17) is 0 Å². The smallest absolute Gasteiger partial charge is 0.223 e. The number of nitrogens with zero attached hydrogens (tertiary/aromatic N) is 3. The highest BCUT2D eigenvalue weighted by molar-refractivity contribution is 7.22. The fraction of sp³-hybridized carbons (Fsp3) is 0.231. The Morgan fingerprint density at radius 2 is 1.52 bits per heavy atom. The van der Waals surface area contributed by atoms with Gasteiger partial charge in [-0.2, -0.15) is 0 Å². The van der Waals surface area contributed by atoms with Gasteiger partial charge in [-0.1, -0.05) is 72.0 Å².